The molecular weight excluding hydrogens is 208 g/mol. The molecule has 2 N–H and O–H groups in total. The van der Waals surface area contributed by atoms with Gasteiger partial charge in [-0.15, -0.1) is 6.58 Å². The predicted octanol–water partition coefficient (Wildman–Crippen LogP) is 3.25. The largest absolute Gasteiger partial charge is 0.365 e. The second-order valence-corrected chi connectivity index (χ2v) is 4.78. The lowest BCUT2D eigenvalue weighted by atomic mass is 10.1. The SMILES string of the molecule is C=CCN(c1ccc(C(N)CC)cc1)C1CC1. The molecule has 2 heteroatoms. The highest BCUT2D eigenvalue weighted by Gasteiger charge is 2.28. The van der Waals surface area contributed by atoms with Crippen LogP contribution in [0.3, 0.4) is 0 Å². The fraction of sp³-hybridized carbons (Fsp3) is 0.467. The van der Waals surface area contributed by atoms with Gasteiger partial charge in [-0.05, 0) is 37.0 Å². The Morgan fingerprint density at radius 1 is 1.41 bits per heavy atom. The molecule has 1 aliphatic rings. The van der Waals surface area contributed by atoms with Crippen LogP contribution in [0.15, 0.2) is 36.9 Å². The van der Waals surface area contributed by atoms with Gasteiger partial charge in [0.1, 0.15) is 0 Å². The predicted molar refractivity (Wildman–Crippen MR) is 74.2 cm³/mol. The molecular formula is C15H22N2. The molecule has 0 saturated heterocycles. The summed E-state index contributed by atoms with van der Waals surface area (Å²) in [5.74, 6) is 0. The lowest BCUT2D eigenvalue weighted by Crippen LogP contribution is -2.25. The minimum absolute atomic E-state index is 0.165. The summed E-state index contributed by atoms with van der Waals surface area (Å²) in [6.45, 7) is 6.89. The van der Waals surface area contributed by atoms with Crippen LogP contribution in [0.4, 0.5) is 5.69 Å². The third-order valence-corrected chi connectivity index (χ3v) is 3.41. The monoisotopic (exact) mass is 230 g/mol. The van der Waals surface area contributed by atoms with Crippen molar-refractivity contribution in [2.45, 2.75) is 38.3 Å². The molecule has 1 unspecified atom stereocenters. The quantitative estimate of drug-likeness (QED) is 0.760. The van der Waals surface area contributed by atoms with Gasteiger partial charge in [-0.3, -0.25) is 0 Å². The number of hydrogen-bond donors (Lipinski definition) is 1. The zero-order valence-corrected chi connectivity index (χ0v) is 10.6. The van der Waals surface area contributed by atoms with Gasteiger partial charge in [0.25, 0.3) is 0 Å². The van der Waals surface area contributed by atoms with Gasteiger partial charge < -0.3 is 10.6 Å². The van der Waals surface area contributed by atoms with Crippen molar-refractivity contribution in [3.8, 4) is 0 Å². The molecule has 0 spiro atoms. The number of nitrogens with two attached hydrogens (primary N) is 1. The molecule has 2 nitrogen and oxygen atoms in total. The standard InChI is InChI=1S/C15H22N2/c1-3-11-17(14-9-10-14)13-7-5-12(6-8-13)15(16)4-2/h3,5-8,14-15H,1,4,9-11,16H2,2H3. The van der Waals surface area contributed by atoms with Crippen LogP contribution in [0.25, 0.3) is 0 Å². The van der Waals surface area contributed by atoms with Gasteiger partial charge in [-0.25, -0.2) is 0 Å². The second kappa shape index (κ2) is 5.37. The van der Waals surface area contributed by atoms with E-state index in [0.29, 0.717) is 0 Å². The maximum absolute atomic E-state index is 6.02. The van der Waals surface area contributed by atoms with Crippen molar-refractivity contribution in [2.75, 3.05) is 11.4 Å². The Balaban J connectivity index is 2.12. The summed E-state index contributed by atoms with van der Waals surface area (Å²) >= 11 is 0. The lowest BCUT2D eigenvalue weighted by Gasteiger charge is -2.23. The molecule has 0 aromatic heterocycles. The van der Waals surface area contributed by atoms with E-state index >= 15 is 0 Å². The summed E-state index contributed by atoms with van der Waals surface area (Å²) < 4.78 is 0. The normalized spacial score (nSPS) is 16.6. The van der Waals surface area contributed by atoms with E-state index in [2.05, 4.69) is 42.7 Å². The maximum Gasteiger partial charge on any atom is 0.0371 e. The summed E-state index contributed by atoms with van der Waals surface area (Å²) in [6.07, 6.45) is 5.58. The van der Waals surface area contributed by atoms with Crippen molar-refractivity contribution in [1.29, 1.82) is 0 Å². The van der Waals surface area contributed by atoms with Crippen LogP contribution in [-0.4, -0.2) is 12.6 Å². The molecule has 92 valence electrons. The molecule has 1 aromatic rings. The second-order valence-electron chi connectivity index (χ2n) is 4.78. The lowest BCUT2D eigenvalue weighted by molar-refractivity contribution is 0.698. The van der Waals surface area contributed by atoms with Crippen molar-refractivity contribution in [1.82, 2.24) is 0 Å². The summed E-state index contributed by atoms with van der Waals surface area (Å²) in [5.41, 5.74) is 8.54. The number of nitrogens with zero attached hydrogens (tertiary/aromatic N) is 1. The molecule has 0 amide bonds. The minimum Gasteiger partial charge on any atom is -0.365 e. The number of hydrogen-bond acceptors (Lipinski definition) is 2. The van der Waals surface area contributed by atoms with E-state index in [1.165, 1.54) is 24.1 Å². The van der Waals surface area contributed by atoms with Crippen LogP contribution in [-0.2, 0) is 0 Å². The van der Waals surface area contributed by atoms with E-state index in [1.54, 1.807) is 0 Å². The summed E-state index contributed by atoms with van der Waals surface area (Å²) in [6, 6.07) is 9.57. The summed E-state index contributed by atoms with van der Waals surface area (Å²) in [4.78, 5) is 2.42. The fourth-order valence-electron chi connectivity index (χ4n) is 2.14. The first-order chi connectivity index (χ1) is 8.26. The highest BCUT2D eigenvalue weighted by molar-refractivity contribution is 5.50. The molecule has 1 saturated carbocycles. The zero-order valence-electron chi connectivity index (χ0n) is 10.6. The van der Waals surface area contributed by atoms with Gasteiger partial charge in [0.2, 0.25) is 0 Å². The van der Waals surface area contributed by atoms with Crippen LogP contribution < -0.4 is 10.6 Å². The van der Waals surface area contributed by atoms with Crippen LogP contribution in [0.1, 0.15) is 37.8 Å². The van der Waals surface area contributed by atoms with Gasteiger partial charge in [0.15, 0.2) is 0 Å². The highest BCUT2D eigenvalue weighted by atomic mass is 15.2. The molecule has 0 bridgehead atoms. The average molecular weight is 230 g/mol. The number of anilines is 1. The Morgan fingerprint density at radius 2 is 2.06 bits per heavy atom. The molecule has 0 radical (unpaired) electrons. The Bertz CT molecular complexity index is 365. The Hall–Kier alpha value is -1.28. The van der Waals surface area contributed by atoms with Crippen LogP contribution in [0, 0.1) is 0 Å². The Kier molecular flexibility index (Phi) is 3.85. The van der Waals surface area contributed by atoms with E-state index in [1.807, 2.05) is 6.08 Å². The maximum atomic E-state index is 6.02. The number of rotatable bonds is 6. The first-order valence-electron chi connectivity index (χ1n) is 6.49. The molecule has 0 aliphatic heterocycles. The van der Waals surface area contributed by atoms with Gasteiger partial charge >= 0.3 is 0 Å². The van der Waals surface area contributed by atoms with Crippen LogP contribution in [0.5, 0.6) is 0 Å². The average Bonchev–Trinajstić information content (AvgIpc) is 3.19. The smallest absolute Gasteiger partial charge is 0.0371 e. The van der Waals surface area contributed by atoms with Crippen molar-refractivity contribution in [3.63, 3.8) is 0 Å². The Labute approximate surface area is 104 Å². The van der Waals surface area contributed by atoms with E-state index in [4.69, 9.17) is 5.73 Å². The molecule has 1 aliphatic carbocycles. The molecule has 1 fully saturated rings. The van der Waals surface area contributed by atoms with Crippen molar-refractivity contribution < 1.29 is 0 Å². The topological polar surface area (TPSA) is 29.3 Å². The minimum atomic E-state index is 0.165. The van der Waals surface area contributed by atoms with Crippen LogP contribution in [0.2, 0.25) is 0 Å². The van der Waals surface area contributed by atoms with Gasteiger partial charge in [0, 0.05) is 24.3 Å². The molecule has 0 heterocycles. The molecule has 1 aromatic carbocycles. The number of benzene rings is 1. The van der Waals surface area contributed by atoms with Gasteiger partial charge in [0.05, 0.1) is 0 Å². The third kappa shape index (κ3) is 2.89. The third-order valence-electron chi connectivity index (χ3n) is 3.41. The zero-order chi connectivity index (χ0) is 12.3. The van der Waals surface area contributed by atoms with Crippen molar-refractivity contribution >= 4 is 5.69 Å². The van der Waals surface area contributed by atoms with E-state index in [-0.39, 0.29) is 6.04 Å². The van der Waals surface area contributed by atoms with Gasteiger partial charge in [-0.2, -0.15) is 0 Å². The van der Waals surface area contributed by atoms with Crippen LogP contribution >= 0.6 is 0 Å². The first kappa shape index (κ1) is 12.2. The first-order valence-corrected chi connectivity index (χ1v) is 6.49. The van der Waals surface area contributed by atoms with E-state index in [0.717, 1.165) is 19.0 Å². The molecule has 2 rings (SSSR count). The molecule has 17 heavy (non-hydrogen) atoms. The van der Waals surface area contributed by atoms with E-state index in [9.17, 15) is 0 Å². The summed E-state index contributed by atoms with van der Waals surface area (Å²) in [7, 11) is 0. The van der Waals surface area contributed by atoms with Crippen molar-refractivity contribution in [2.24, 2.45) is 5.73 Å². The molecule has 1 atom stereocenters. The van der Waals surface area contributed by atoms with Gasteiger partial charge in [-0.1, -0.05) is 25.1 Å². The fourth-order valence-corrected chi connectivity index (χ4v) is 2.14. The Morgan fingerprint density at radius 3 is 2.53 bits per heavy atom. The van der Waals surface area contributed by atoms with Crippen molar-refractivity contribution in [3.05, 3.63) is 42.5 Å². The highest BCUT2D eigenvalue weighted by Crippen LogP contribution is 2.32. The summed E-state index contributed by atoms with van der Waals surface area (Å²) in [5, 5.41) is 0. The van der Waals surface area contributed by atoms with E-state index < -0.39 is 0 Å².